The highest BCUT2D eigenvalue weighted by Gasteiger charge is 2.22. The van der Waals surface area contributed by atoms with Crippen molar-refractivity contribution in [1.29, 1.82) is 0 Å². The van der Waals surface area contributed by atoms with E-state index < -0.39 is 0 Å². The molecule has 1 heterocycles. The number of hydrogen-bond donors (Lipinski definition) is 1. The van der Waals surface area contributed by atoms with Crippen LogP contribution >= 0.6 is 11.6 Å². The number of ether oxygens (including phenoxy) is 1. The van der Waals surface area contributed by atoms with Crippen LogP contribution in [0.25, 0.3) is 0 Å². The topological polar surface area (TPSA) is 35.2 Å². The monoisotopic (exact) mass is 225 g/mol. The van der Waals surface area contributed by atoms with Gasteiger partial charge in [0.25, 0.3) is 0 Å². The lowest BCUT2D eigenvalue weighted by atomic mass is 9.90. The number of hydrogen-bond acceptors (Lipinski definition) is 2. The molecular weight excluding hydrogens is 210 g/mol. The summed E-state index contributed by atoms with van der Waals surface area (Å²) in [6, 6.07) is 8.24. The van der Waals surface area contributed by atoms with E-state index in [0.717, 1.165) is 31.1 Å². The van der Waals surface area contributed by atoms with Crippen LogP contribution in [-0.4, -0.2) is 19.3 Å². The van der Waals surface area contributed by atoms with Crippen molar-refractivity contribution in [2.24, 2.45) is 11.7 Å². The Balaban J connectivity index is 1.98. The second-order valence-corrected chi connectivity index (χ2v) is 4.55. The van der Waals surface area contributed by atoms with E-state index in [0.29, 0.717) is 5.92 Å². The van der Waals surface area contributed by atoms with E-state index in [9.17, 15) is 0 Å². The van der Waals surface area contributed by atoms with Gasteiger partial charge in [0.15, 0.2) is 0 Å². The van der Waals surface area contributed by atoms with Gasteiger partial charge in [-0.15, -0.1) is 0 Å². The van der Waals surface area contributed by atoms with Crippen LogP contribution in [0.3, 0.4) is 0 Å². The lowest BCUT2D eigenvalue weighted by Crippen LogP contribution is -2.39. The molecule has 1 aromatic carbocycles. The van der Waals surface area contributed by atoms with Gasteiger partial charge >= 0.3 is 0 Å². The predicted molar refractivity (Wildman–Crippen MR) is 62.1 cm³/mol. The zero-order chi connectivity index (χ0) is 10.7. The second-order valence-electron chi connectivity index (χ2n) is 4.12. The van der Waals surface area contributed by atoms with E-state index in [1.807, 2.05) is 12.1 Å². The first kappa shape index (κ1) is 10.9. The molecule has 2 nitrogen and oxygen atoms in total. The maximum Gasteiger partial charge on any atom is 0.0512 e. The van der Waals surface area contributed by atoms with Crippen molar-refractivity contribution in [3.8, 4) is 0 Å². The molecule has 1 aliphatic rings. The molecule has 1 aliphatic heterocycles. The third-order valence-corrected chi connectivity index (χ3v) is 3.20. The zero-order valence-electron chi connectivity index (χ0n) is 8.66. The summed E-state index contributed by atoms with van der Waals surface area (Å²) in [5.41, 5.74) is 7.33. The Kier molecular flexibility index (Phi) is 3.62. The van der Waals surface area contributed by atoms with Crippen LogP contribution in [0.1, 0.15) is 12.0 Å². The van der Waals surface area contributed by atoms with Crippen LogP contribution in [-0.2, 0) is 11.2 Å². The van der Waals surface area contributed by atoms with Gasteiger partial charge in [0, 0.05) is 23.6 Å². The molecule has 15 heavy (non-hydrogen) atoms. The Morgan fingerprint density at radius 3 is 2.73 bits per heavy atom. The van der Waals surface area contributed by atoms with Crippen LogP contribution in [0.2, 0.25) is 5.02 Å². The van der Waals surface area contributed by atoms with Crippen molar-refractivity contribution in [1.82, 2.24) is 0 Å². The summed E-state index contributed by atoms with van der Waals surface area (Å²) in [6.45, 7) is 1.59. The second kappa shape index (κ2) is 4.97. The summed E-state index contributed by atoms with van der Waals surface area (Å²) in [6.07, 6.45) is 1.95. The van der Waals surface area contributed by atoms with Crippen LogP contribution in [0.4, 0.5) is 0 Å². The van der Waals surface area contributed by atoms with Gasteiger partial charge in [-0.2, -0.15) is 0 Å². The minimum absolute atomic E-state index is 0.273. The molecule has 0 spiro atoms. The van der Waals surface area contributed by atoms with E-state index in [2.05, 4.69) is 12.1 Å². The average molecular weight is 226 g/mol. The molecule has 0 radical (unpaired) electrons. The maximum absolute atomic E-state index is 6.05. The minimum atomic E-state index is 0.273. The van der Waals surface area contributed by atoms with Crippen molar-refractivity contribution in [2.45, 2.75) is 18.9 Å². The summed E-state index contributed by atoms with van der Waals surface area (Å²) in [5, 5.41) is 0.781. The molecule has 1 saturated heterocycles. The van der Waals surface area contributed by atoms with Gasteiger partial charge in [-0.05, 0) is 30.5 Å². The molecule has 0 saturated carbocycles. The molecule has 3 heteroatoms. The first-order chi connectivity index (χ1) is 7.25. The Bertz CT molecular complexity index is 312. The largest absolute Gasteiger partial charge is 0.381 e. The van der Waals surface area contributed by atoms with Crippen LogP contribution in [0.15, 0.2) is 24.3 Å². The van der Waals surface area contributed by atoms with Crippen LogP contribution in [0, 0.1) is 5.92 Å². The summed E-state index contributed by atoms with van der Waals surface area (Å²) in [4.78, 5) is 0. The number of halogens is 1. The summed E-state index contributed by atoms with van der Waals surface area (Å²) in [5.74, 6) is 0.444. The van der Waals surface area contributed by atoms with Crippen molar-refractivity contribution in [3.63, 3.8) is 0 Å². The highest BCUT2D eigenvalue weighted by Crippen LogP contribution is 2.19. The molecule has 2 N–H and O–H groups in total. The lowest BCUT2D eigenvalue weighted by molar-refractivity contribution is 0.0422. The maximum atomic E-state index is 6.05. The van der Waals surface area contributed by atoms with Gasteiger partial charge in [0.1, 0.15) is 0 Å². The molecule has 0 aromatic heterocycles. The predicted octanol–water partition coefficient (Wildman–Crippen LogP) is 2.25. The number of rotatable bonds is 2. The lowest BCUT2D eigenvalue weighted by Gasteiger charge is -2.28. The highest BCUT2D eigenvalue weighted by molar-refractivity contribution is 6.30. The fraction of sp³-hybridized carbons (Fsp3) is 0.500. The van der Waals surface area contributed by atoms with Gasteiger partial charge in [0.05, 0.1) is 6.61 Å². The Morgan fingerprint density at radius 1 is 1.33 bits per heavy atom. The van der Waals surface area contributed by atoms with Gasteiger partial charge in [-0.1, -0.05) is 23.7 Å². The zero-order valence-corrected chi connectivity index (χ0v) is 9.41. The standard InChI is InChI=1S/C12H16ClNO/c13-11-3-1-9(2-4-11)7-10-8-15-6-5-12(10)14/h1-4,10,12H,5-8,14H2. The molecule has 82 valence electrons. The molecule has 0 amide bonds. The summed E-state index contributed by atoms with van der Waals surface area (Å²) >= 11 is 5.83. The quantitative estimate of drug-likeness (QED) is 0.838. The fourth-order valence-electron chi connectivity index (χ4n) is 1.95. The van der Waals surface area contributed by atoms with E-state index >= 15 is 0 Å². The Labute approximate surface area is 95.4 Å². The van der Waals surface area contributed by atoms with Gasteiger partial charge < -0.3 is 10.5 Å². The molecule has 2 rings (SSSR count). The molecule has 2 atom stereocenters. The van der Waals surface area contributed by atoms with Gasteiger partial charge in [0.2, 0.25) is 0 Å². The highest BCUT2D eigenvalue weighted by atomic mass is 35.5. The van der Waals surface area contributed by atoms with E-state index in [-0.39, 0.29) is 6.04 Å². The van der Waals surface area contributed by atoms with Crippen LogP contribution in [0.5, 0.6) is 0 Å². The average Bonchev–Trinajstić information content (AvgIpc) is 2.25. The van der Waals surface area contributed by atoms with Crippen LogP contribution < -0.4 is 5.73 Å². The molecule has 0 bridgehead atoms. The third-order valence-electron chi connectivity index (χ3n) is 2.94. The molecular formula is C12H16ClNO. The summed E-state index contributed by atoms with van der Waals surface area (Å²) < 4.78 is 5.44. The molecule has 1 fully saturated rings. The molecule has 2 unspecified atom stereocenters. The van der Waals surface area contributed by atoms with Crippen molar-refractivity contribution >= 4 is 11.6 Å². The Morgan fingerprint density at radius 2 is 2.07 bits per heavy atom. The van der Waals surface area contributed by atoms with Crippen molar-refractivity contribution < 1.29 is 4.74 Å². The summed E-state index contributed by atoms with van der Waals surface area (Å²) in [7, 11) is 0. The molecule has 1 aromatic rings. The first-order valence-corrected chi connectivity index (χ1v) is 5.71. The van der Waals surface area contributed by atoms with E-state index in [1.54, 1.807) is 0 Å². The normalized spacial score (nSPS) is 26.5. The Hall–Kier alpha value is -0.570. The number of benzene rings is 1. The number of nitrogens with two attached hydrogens (primary N) is 1. The fourth-order valence-corrected chi connectivity index (χ4v) is 2.07. The van der Waals surface area contributed by atoms with Crippen molar-refractivity contribution in [2.75, 3.05) is 13.2 Å². The first-order valence-electron chi connectivity index (χ1n) is 5.33. The van der Waals surface area contributed by atoms with Gasteiger partial charge in [-0.3, -0.25) is 0 Å². The molecule has 0 aliphatic carbocycles. The van der Waals surface area contributed by atoms with Gasteiger partial charge in [-0.25, -0.2) is 0 Å². The SMILES string of the molecule is NC1CCOCC1Cc1ccc(Cl)cc1. The third kappa shape index (κ3) is 2.94. The minimum Gasteiger partial charge on any atom is -0.381 e. The van der Waals surface area contributed by atoms with E-state index in [4.69, 9.17) is 22.1 Å². The van der Waals surface area contributed by atoms with Crippen molar-refractivity contribution in [3.05, 3.63) is 34.9 Å². The smallest absolute Gasteiger partial charge is 0.0512 e. The van der Waals surface area contributed by atoms with E-state index in [1.165, 1.54) is 5.56 Å².